The van der Waals surface area contributed by atoms with Crippen molar-refractivity contribution in [2.45, 2.75) is 31.0 Å². The van der Waals surface area contributed by atoms with Gasteiger partial charge in [0, 0.05) is 56.6 Å². The first-order valence-corrected chi connectivity index (χ1v) is 11.7. The Morgan fingerprint density at radius 2 is 1.82 bits per heavy atom. The number of dihydropyridines is 1. The predicted molar refractivity (Wildman–Crippen MR) is 131 cm³/mol. The molecule has 2 aromatic carbocycles. The number of aliphatic imine (C=N–C) groups is 1. The highest BCUT2D eigenvalue weighted by atomic mass is 19.1. The third-order valence-corrected chi connectivity index (χ3v) is 6.75. The van der Waals surface area contributed by atoms with Crippen LogP contribution < -0.4 is 10.2 Å². The molecule has 1 unspecified atom stereocenters. The van der Waals surface area contributed by atoms with Gasteiger partial charge in [-0.2, -0.15) is 0 Å². The van der Waals surface area contributed by atoms with Gasteiger partial charge in [-0.3, -0.25) is 14.7 Å². The molecule has 176 valence electrons. The van der Waals surface area contributed by atoms with E-state index in [2.05, 4.69) is 44.4 Å². The molecule has 1 saturated carbocycles. The molecule has 0 bridgehead atoms. The summed E-state index contributed by atoms with van der Waals surface area (Å²) in [4.78, 5) is 22.0. The zero-order chi connectivity index (χ0) is 23.5. The van der Waals surface area contributed by atoms with Gasteiger partial charge in [0.1, 0.15) is 17.8 Å². The molecular formula is C27H28F2N4O. The molecule has 2 heterocycles. The molecule has 2 aliphatic heterocycles. The summed E-state index contributed by atoms with van der Waals surface area (Å²) >= 11 is 0. The summed E-state index contributed by atoms with van der Waals surface area (Å²) in [6.45, 7) is 3.80. The summed E-state index contributed by atoms with van der Waals surface area (Å²) in [7, 11) is 0. The second kappa shape index (κ2) is 9.50. The number of hydrogen-bond acceptors (Lipinski definition) is 4. The van der Waals surface area contributed by atoms with Crippen molar-refractivity contribution in [1.29, 1.82) is 0 Å². The average molecular weight is 463 g/mol. The highest BCUT2D eigenvalue weighted by Crippen LogP contribution is 2.46. The Labute approximate surface area is 198 Å². The monoisotopic (exact) mass is 462 g/mol. The van der Waals surface area contributed by atoms with Crippen LogP contribution in [-0.2, 0) is 10.3 Å². The van der Waals surface area contributed by atoms with E-state index in [4.69, 9.17) is 0 Å². The second-order valence-electron chi connectivity index (χ2n) is 9.12. The predicted octanol–water partition coefficient (Wildman–Crippen LogP) is 4.26. The number of rotatable bonds is 6. The van der Waals surface area contributed by atoms with Gasteiger partial charge in [0.15, 0.2) is 0 Å². The minimum Gasteiger partial charge on any atom is -0.369 e. The van der Waals surface area contributed by atoms with Gasteiger partial charge in [-0.25, -0.2) is 8.78 Å². The van der Waals surface area contributed by atoms with E-state index in [0.717, 1.165) is 62.8 Å². The number of allylic oxidation sites excluding steroid dienone is 1. The van der Waals surface area contributed by atoms with Crippen molar-refractivity contribution in [3.8, 4) is 0 Å². The maximum Gasteiger partial charge on any atom is 0.244 e. The Morgan fingerprint density at radius 1 is 1.06 bits per heavy atom. The van der Waals surface area contributed by atoms with Gasteiger partial charge in [-0.05, 0) is 60.4 Å². The van der Waals surface area contributed by atoms with Crippen LogP contribution in [0.5, 0.6) is 0 Å². The Balaban J connectivity index is 1.21. The van der Waals surface area contributed by atoms with E-state index in [0.29, 0.717) is 5.56 Å². The Hall–Kier alpha value is -3.32. The number of carbonyl (C=O) groups excluding carboxylic acids is 1. The van der Waals surface area contributed by atoms with Crippen LogP contribution in [0.4, 0.5) is 14.5 Å². The first-order valence-electron chi connectivity index (χ1n) is 11.7. The maximum atomic E-state index is 13.4. The maximum absolute atomic E-state index is 13.4. The molecule has 0 radical (unpaired) electrons. The summed E-state index contributed by atoms with van der Waals surface area (Å²) in [5, 5.41) is 3.10. The Bertz CT molecular complexity index is 1130. The van der Waals surface area contributed by atoms with Crippen molar-refractivity contribution in [2.75, 3.05) is 31.1 Å². The molecule has 1 N–H and O–H groups in total. The summed E-state index contributed by atoms with van der Waals surface area (Å²) in [6.07, 6.45) is 11.8. The summed E-state index contributed by atoms with van der Waals surface area (Å²) < 4.78 is 26.7. The number of piperazine rings is 1. The minimum atomic E-state index is -0.667. The molecule has 5 rings (SSSR count). The van der Waals surface area contributed by atoms with Gasteiger partial charge in [0.25, 0.3) is 0 Å². The van der Waals surface area contributed by atoms with Crippen LogP contribution >= 0.6 is 0 Å². The van der Waals surface area contributed by atoms with Crippen molar-refractivity contribution in [3.63, 3.8) is 0 Å². The molecule has 7 heteroatoms. The first kappa shape index (κ1) is 22.5. The Morgan fingerprint density at radius 3 is 2.50 bits per heavy atom. The van der Waals surface area contributed by atoms with E-state index in [1.165, 1.54) is 24.3 Å². The van der Waals surface area contributed by atoms with Crippen molar-refractivity contribution in [1.82, 2.24) is 10.2 Å². The lowest BCUT2D eigenvalue weighted by Crippen LogP contribution is -2.50. The van der Waals surface area contributed by atoms with Gasteiger partial charge >= 0.3 is 0 Å². The molecule has 0 spiro atoms. The minimum absolute atomic E-state index is 0.250. The molecule has 1 aliphatic carbocycles. The summed E-state index contributed by atoms with van der Waals surface area (Å²) in [5.41, 5.74) is 2.19. The lowest BCUT2D eigenvalue weighted by atomic mass is 10.0. The van der Waals surface area contributed by atoms with Crippen LogP contribution in [0, 0.1) is 11.6 Å². The number of hydrogen-bond donors (Lipinski definition) is 1. The van der Waals surface area contributed by atoms with E-state index < -0.39 is 11.6 Å². The van der Waals surface area contributed by atoms with Crippen molar-refractivity contribution < 1.29 is 13.6 Å². The van der Waals surface area contributed by atoms with E-state index >= 15 is 0 Å². The number of halogens is 2. The van der Waals surface area contributed by atoms with Crippen LogP contribution in [-0.4, -0.2) is 49.4 Å². The molecule has 34 heavy (non-hydrogen) atoms. The number of anilines is 1. The zero-order valence-corrected chi connectivity index (χ0v) is 19.0. The normalized spacial score (nSPS) is 21.7. The molecule has 2 aromatic rings. The van der Waals surface area contributed by atoms with E-state index in [-0.39, 0.29) is 17.6 Å². The van der Waals surface area contributed by atoms with E-state index in [1.54, 1.807) is 0 Å². The number of benzene rings is 2. The molecular weight excluding hydrogens is 434 g/mol. The molecule has 1 saturated heterocycles. The highest BCUT2D eigenvalue weighted by Gasteiger charge is 2.45. The van der Waals surface area contributed by atoms with Gasteiger partial charge in [0.05, 0.1) is 5.54 Å². The van der Waals surface area contributed by atoms with Crippen molar-refractivity contribution in [2.24, 2.45) is 4.99 Å². The van der Waals surface area contributed by atoms with Crippen molar-refractivity contribution in [3.05, 3.63) is 83.5 Å². The van der Waals surface area contributed by atoms with Gasteiger partial charge in [0.2, 0.25) is 5.91 Å². The average Bonchev–Trinajstić information content (AvgIpc) is 3.63. The van der Waals surface area contributed by atoms with Gasteiger partial charge in [-0.1, -0.05) is 18.2 Å². The number of nitrogens with one attached hydrogen (secondary N) is 1. The lowest BCUT2D eigenvalue weighted by Gasteiger charge is -2.39. The smallest absolute Gasteiger partial charge is 0.244 e. The van der Waals surface area contributed by atoms with Crippen LogP contribution in [0.25, 0.3) is 6.08 Å². The number of amides is 1. The highest BCUT2D eigenvalue weighted by molar-refractivity contribution is 5.92. The van der Waals surface area contributed by atoms with Crippen LogP contribution in [0.3, 0.4) is 0 Å². The second-order valence-corrected chi connectivity index (χ2v) is 9.12. The van der Waals surface area contributed by atoms with E-state index in [1.807, 2.05) is 18.4 Å². The molecule has 1 atom stereocenters. The fraction of sp³-hybridized carbons (Fsp3) is 0.333. The fourth-order valence-electron chi connectivity index (χ4n) is 4.72. The zero-order valence-electron chi connectivity index (χ0n) is 19.0. The van der Waals surface area contributed by atoms with Crippen LogP contribution in [0.15, 0.2) is 65.7 Å². The molecule has 5 nitrogen and oxygen atoms in total. The Kier molecular flexibility index (Phi) is 6.28. The third-order valence-electron chi connectivity index (χ3n) is 6.75. The summed E-state index contributed by atoms with van der Waals surface area (Å²) in [6, 6.07) is 11.6. The number of nitrogens with zero attached hydrogens (tertiary/aromatic N) is 3. The lowest BCUT2D eigenvalue weighted by molar-refractivity contribution is -0.117. The topological polar surface area (TPSA) is 47.9 Å². The van der Waals surface area contributed by atoms with Crippen LogP contribution in [0.1, 0.15) is 30.4 Å². The third kappa shape index (κ3) is 5.09. The van der Waals surface area contributed by atoms with Crippen LogP contribution in [0.2, 0.25) is 0 Å². The van der Waals surface area contributed by atoms with Gasteiger partial charge in [-0.15, -0.1) is 0 Å². The fourth-order valence-corrected chi connectivity index (χ4v) is 4.72. The SMILES string of the molecule is O=C(/C=C/c1cc(F)cc(F)c1)NC1(c2cccc(N3CCN(C4CC=CC=N4)CC3)c2)CC1. The van der Waals surface area contributed by atoms with Gasteiger partial charge < -0.3 is 10.2 Å². The van der Waals surface area contributed by atoms with E-state index in [9.17, 15) is 13.6 Å². The number of carbonyl (C=O) groups is 1. The largest absolute Gasteiger partial charge is 0.369 e. The first-order chi connectivity index (χ1) is 16.5. The van der Waals surface area contributed by atoms with Crippen molar-refractivity contribution >= 4 is 23.9 Å². The molecule has 3 aliphatic rings. The molecule has 0 aromatic heterocycles. The standard InChI is InChI=1S/C27H28F2N4O/c28-22-16-20(17-23(29)19-22)7-8-26(34)31-27(9-10-27)21-4-3-5-24(18-21)32-12-14-33(15-13-32)25-6-1-2-11-30-25/h1-5,7-8,11,16-19,25H,6,9-10,12-15H2,(H,31,34)/b8-7+. The molecule has 1 amide bonds. The quantitative estimate of drug-likeness (QED) is 0.653. The molecule has 2 fully saturated rings. The summed E-state index contributed by atoms with van der Waals surface area (Å²) in [5.74, 6) is -1.61.